The summed E-state index contributed by atoms with van der Waals surface area (Å²) < 4.78 is 93.0. The normalized spacial score (nSPS) is 22.2. The van der Waals surface area contributed by atoms with Gasteiger partial charge in [-0.1, -0.05) is 76.9 Å². The van der Waals surface area contributed by atoms with Crippen molar-refractivity contribution in [3.63, 3.8) is 0 Å². The van der Waals surface area contributed by atoms with Gasteiger partial charge in [-0.3, -0.25) is 27.7 Å². The van der Waals surface area contributed by atoms with Crippen LogP contribution in [0.15, 0.2) is 116 Å². The van der Waals surface area contributed by atoms with Gasteiger partial charge in [0.05, 0.1) is 37.5 Å². The van der Waals surface area contributed by atoms with Crippen LogP contribution in [0.4, 0.5) is 11.6 Å². The highest BCUT2D eigenvalue weighted by Gasteiger charge is 2.59. The second-order valence-corrected chi connectivity index (χ2v) is 28.8. The van der Waals surface area contributed by atoms with Gasteiger partial charge < -0.3 is 69.6 Å². The number of anilines is 2. The monoisotopic (exact) mass is 1480 g/mol. The van der Waals surface area contributed by atoms with Crippen LogP contribution in [0, 0.1) is 34.5 Å². The maximum atomic E-state index is 14.0. The van der Waals surface area contributed by atoms with E-state index < -0.39 is 108 Å². The lowest BCUT2D eigenvalue weighted by Gasteiger charge is -2.27. The first-order chi connectivity index (χ1) is 47.5. The van der Waals surface area contributed by atoms with Crippen LogP contribution < -0.4 is 30.7 Å². The predicted molar refractivity (Wildman–Crippen MR) is 363 cm³/mol. The number of carbonyl (C=O) groups excluding carboxylic acids is 2. The molecule has 5 aromatic heterocycles. The van der Waals surface area contributed by atoms with Gasteiger partial charge in [0.25, 0.3) is 0 Å². The van der Waals surface area contributed by atoms with E-state index in [0.29, 0.717) is 29.3 Å². The Morgan fingerprint density at radius 3 is 1.57 bits per heavy atom. The molecule has 548 valence electrons. The Bertz CT molecular complexity index is 3910. The number of nitriles is 2. The van der Waals surface area contributed by atoms with Gasteiger partial charge in [0.1, 0.15) is 102 Å². The minimum absolute atomic E-state index is 0.0953. The summed E-state index contributed by atoms with van der Waals surface area (Å²) in [6.45, 7) is 8.49. The Labute approximate surface area is 583 Å². The van der Waals surface area contributed by atoms with Gasteiger partial charge in [-0.15, -0.1) is 0 Å². The summed E-state index contributed by atoms with van der Waals surface area (Å²) in [5, 5.41) is 84.0. The molecule has 0 aliphatic carbocycles. The number of aromatic nitrogens is 8. The van der Waals surface area contributed by atoms with E-state index in [9.17, 15) is 59.3 Å². The molecule has 2 fully saturated rings. The lowest BCUT2D eigenvalue weighted by molar-refractivity contribution is -0.152. The molecule has 2 aliphatic heterocycles. The number of hydrogen-bond acceptors (Lipinski definition) is 29. The molecule has 7 heterocycles. The van der Waals surface area contributed by atoms with Crippen molar-refractivity contribution in [3.8, 4) is 23.6 Å². The van der Waals surface area contributed by atoms with Crippen LogP contribution in [0.3, 0.4) is 0 Å². The summed E-state index contributed by atoms with van der Waals surface area (Å²) in [5.41, 5.74) is 8.80. The number of nitrogens with two attached hydrogens (primary N) is 2. The fourth-order valence-corrected chi connectivity index (χ4v) is 13.6. The lowest BCUT2D eigenvalue weighted by Crippen LogP contribution is -2.41. The fourth-order valence-electron chi connectivity index (χ4n) is 9.94. The topological polar surface area (TPSA) is 481 Å². The summed E-state index contributed by atoms with van der Waals surface area (Å²) >= 11 is 5.84. The molecule has 0 radical (unpaired) electrons. The molecule has 9 rings (SSSR count). The van der Waals surface area contributed by atoms with Crippen LogP contribution in [-0.4, -0.2) is 172 Å². The molecule has 3 unspecified atom stereocenters. The number of carbonyl (C=O) groups is 2. The molecule has 0 spiro atoms. The maximum absolute atomic E-state index is 14.0. The smallest absolute Gasteiger partial charge is 0.464 e. The first kappa shape index (κ1) is 83.1. The quantitative estimate of drug-likeness (QED) is 0.0192. The van der Waals surface area contributed by atoms with E-state index in [-0.39, 0.29) is 40.8 Å². The number of benzene rings is 2. The fraction of sp³-hybridized carbons (Fsp3) is 0.500. The number of aryl methyl sites for hydroxylation is 1. The van der Waals surface area contributed by atoms with E-state index in [1.807, 2.05) is 57.6 Å². The number of nitrogens with zero attached hydrogens (tertiary/aromatic N) is 10. The Morgan fingerprint density at radius 2 is 1.17 bits per heavy atom. The molecular weight excluding hydrogens is 1390 g/mol. The van der Waals surface area contributed by atoms with Crippen molar-refractivity contribution in [2.45, 2.75) is 140 Å². The van der Waals surface area contributed by atoms with E-state index in [2.05, 4.69) is 48.9 Å². The first-order valence-electron chi connectivity index (χ1n) is 31.3. The van der Waals surface area contributed by atoms with Gasteiger partial charge in [0, 0.05) is 52.0 Å². The van der Waals surface area contributed by atoms with Crippen molar-refractivity contribution in [1.82, 2.24) is 48.9 Å². The molecule has 2 saturated heterocycles. The van der Waals surface area contributed by atoms with Crippen LogP contribution in [0.5, 0.6) is 11.5 Å². The molecule has 2 aliphatic rings. The van der Waals surface area contributed by atoms with Crippen molar-refractivity contribution in [2.24, 2.45) is 18.9 Å². The van der Waals surface area contributed by atoms with E-state index in [4.69, 9.17) is 55.2 Å². The van der Waals surface area contributed by atoms with Crippen molar-refractivity contribution in [1.29, 1.82) is 10.5 Å². The van der Waals surface area contributed by atoms with Gasteiger partial charge in [-0.05, 0) is 94.0 Å². The van der Waals surface area contributed by atoms with Gasteiger partial charge >= 0.3 is 34.4 Å². The molecule has 0 bridgehead atoms. The average molecular weight is 1480 g/mol. The van der Waals surface area contributed by atoms with Crippen LogP contribution >= 0.6 is 33.7 Å². The van der Waals surface area contributed by atoms with Gasteiger partial charge in [-0.25, -0.2) is 42.8 Å². The van der Waals surface area contributed by atoms with Crippen LogP contribution in [0.2, 0.25) is 0 Å². The third-order valence-corrected chi connectivity index (χ3v) is 20.5. The highest BCUT2D eigenvalue weighted by molar-refractivity contribution is 7.84. The molecule has 34 nitrogen and oxygen atoms in total. The number of ether oxygens (including phenoxy) is 4. The molecule has 2 aromatic carbocycles. The maximum Gasteiger partial charge on any atom is 0.473 e. The largest absolute Gasteiger partial charge is 0.473 e. The zero-order valence-corrected chi connectivity index (χ0v) is 60.4. The van der Waals surface area contributed by atoms with Crippen LogP contribution in [0.25, 0.3) is 11.0 Å². The van der Waals surface area contributed by atoms with Crippen molar-refractivity contribution >= 4 is 68.3 Å². The third kappa shape index (κ3) is 21.5. The highest BCUT2D eigenvalue weighted by atomic mass is 35.7. The second kappa shape index (κ2) is 38.5. The van der Waals surface area contributed by atoms with Crippen molar-refractivity contribution < 1.29 is 94.9 Å². The number of para-hydroxylation sites is 2. The van der Waals surface area contributed by atoms with E-state index in [0.717, 1.165) is 25.7 Å². The van der Waals surface area contributed by atoms with Crippen LogP contribution in [-0.2, 0) is 78.6 Å². The standard InChI is InChI=1S/C28H37N6O8P.C15H23ClNO4P.C12H13N5O4.C4H6N2.C3H9O4P/c1-5-19(6-2)18(4)40-27(37)17(3)33-43(38,42-20-10-8-7-9-11-20)39-14-22-24(35)25(36)28(15-29,41-22)23-13-12-21-26(30)31-16-32-34(21)23;1-4-13(5-2)11-20-15(18)12(3)17-22(16,19)21-14-9-7-6-8-10-14;13-4-12(10(20)9(19)7(3-18)21-12)8-2-1-6-11(14)15-5-16-17(6)8;1-6-3-2-5-4-6;1-5-8(4,6-2)7-3/h7-13,16-19,22,24-25,35-36H,5-6,14H2,1-4H3,(H,33,38)(H2,30,31,32);6-10,12-13H,4-5,11H2,1-3H3,(H,17,19);1-2,5,7,9-10,18-20H,3H2,(H2,14,15,16);2-4H,1H3;1-3H3/t17-,18?,22+,24+,25+,28-,43?;12-,22?;7-,9-,10-,12+;;/m001../s1. The number of esters is 2. The number of aliphatic hydroxyl groups is 5. The summed E-state index contributed by atoms with van der Waals surface area (Å²) in [4.78, 5) is 36.3. The summed E-state index contributed by atoms with van der Waals surface area (Å²) in [5.74, 6) is 0.228. The highest BCUT2D eigenvalue weighted by Crippen LogP contribution is 2.50. The lowest BCUT2D eigenvalue weighted by atomic mass is 9.92. The van der Waals surface area contributed by atoms with Crippen molar-refractivity contribution in [2.75, 3.05) is 52.6 Å². The summed E-state index contributed by atoms with van der Waals surface area (Å²) in [6, 6.07) is 24.7. The third-order valence-electron chi connectivity index (χ3n) is 15.8. The number of phosphoric ester groups is 1. The molecule has 100 heavy (non-hydrogen) atoms. The molecule has 0 saturated carbocycles. The summed E-state index contributed by atoms with van der Waals surface area (Å²) in [6.07, 6.45) is 2.22. The molecular formula is C62H88ClN14O20P3. The zero-order valence-electron chi connectivity index (χ0n) is 57.0. The number of hydrogen-bond donors (Lipinski definition) is 9. The SMILES string of the molecule is CCC(CC)C(C)OC(=O)[C@H](C)NP(=O)(OC[C@H]1O[C@@](C#N)(c2ccc3c(N)ncnn23)[C@H](O)[C@@H]1O)Oc1ccccc1.CCC(CC)COC(=O)[C@H](C)NP(=O)(Cl)Oc1ccccc1.COP(=O)(OC)OC.Cn1ccnc1.N#C[C@@]1(c2ccc3c(N)ncnn23)O[C@H](CO)[C@@H](O)[C@H]1O. The van der Waals surface area contributed by atoms with Gasteiger partial charge in [0.15, 0.2) is 11.6 Å². The number of nitrogen functional groups attached to an aromatic ring is 2. The molecule has 11 N–H and O–H groups in total. The van der Waals surface area contributed by atoms with E-state index in [1.165, 1.54) is 62.1 Å². The molecule has 38 heteroatoms. The zero-order chi connectivity index (χ0) is 74.2. The van der Waals surface area contributed by atoms with Crippen molar-refractivity contribution in [3.05, 3.63) is 128 Å². The Kier molecular flexibility index (Phi) is 32.0. The van der Waals surface area contributed by atoms with E-state index in [1.54, 1.807) is 99.2 Å². The minimum Gasteiger partial charge on any atom is -0.464 e. The predicted octanol–water partition coefficient (Wildman–Crippen LogP) is 6.67. The Morgan fingerprint density at radius 1 is 0.700 bits per heavy atom. The molecule has 13 atom stereocenters. The number of aliphatic hydroxyl groups excluding tert-OH is 5. The molecule has 7 aromatic rings. The van der Waals surface area contributed by atoms with Gasteiger partial charge in [0.2, 0.25) is 11.2 Å². The average Bonchev–Trinajstić information content (AvgIpc) is 1.59. The number of halogens is 1. The number of imidazole rings is 1. The molecule has 0 amide bonds. The number of nitrogens with one attached hydrogen (secondary N) is 2. The van der Waals surface area contributed by atoms with Crippen LogP contribution in [0.1, 0.15) is 85.5 Å². The Balaban J connectivity index is 0.000000263. The van der Waals surface area contributed by atoms with E-state index >= 15 is 0 Å². The second-order valence-electron chi connectivity index (χ2n) is 22.4. The Hall–Kier alpha value is -7.53. The summed E-state index contributed by atoms with van der Waals surface area (Å²) in [7, 11) is -1.79. The minimum atomic E-state index is -4.34. The van der Waals surface area contributed by atoms with Gasteiger partial charge in [-0.2, -0.15) is 25.8 Å². The first-order valence-corrected chi connectivity index (χ1v) is 36.9. The number of phosphoric acid groups is 1. The number of rotatable bonds is 27. The number of fused-ring (bicyclic) bond motifs is 2.